The quantitative estimate of drug-likeness (QED) is 0.513. The fourth-order valence-corrected chi connectivity index (χ4v) is 2.05. The first-order valence-corrected chi connectivity index (χ1v) is 6.45. The average Bonchev–Trinajstić information content (AvgIpc) is 2.39. The van der Waals surface area contributed by atoms with E-state index < -0.39 is 4.92 Å². The molecule has 0 saturated carbocycles. The van der Waals surface area contributed by atoms with Gasteiger partial charge in [0.25, 0.3) is 11.6 Å². The molecule has 0 radical (unpaired) electrons. The molecule has 2 rings (SSSR count). The van der Waals surface area contributed by atoms with E-state index in [9.17, 15) is 14.9 Å². The van der Waals surface area contributed by atoms with Crippen molar-refractivity contribution in [2.24, 2.45) is 0 Å². The predicted octanol–water partition coefficient (Wildman–Crippen LogP) is 3.45. The van der Waals surface area contributed by atoms with Crippen molar-refractivity contribution in [3.05, 3.63) is 67.8 Å². The van der Waals surface area contributed by atoms with Crippen LogP contribution >= 0.6 is 22.6 Å². The molecule has 0 aliphatic heterocycles. The lowest BCUT2D eigenvalue weighted by atomic mass is 10.2. The van der Waals surface area contributed by atoms with Crippen LogP contribution in [-0.4, -0.2) is 10.8 Å². The first kappa shape index (κ1) is 13.5. The van der Waals surface area contributed by atoms with Crippen LogP contribution in [0.15, 0.2) is 48.5 Å². The zero-order valence-corrected chi connectivity index (χ0v) is 11.8. The number of halogens is 1. The highest BCUT2D eigenvalue weighted by atomic mass is 127. The number of nitrogens with one attached hydrogen (secondary N) is 1. The minimum absolute atomic E-state index is 0.0363. The molecule has 0 bridgehead atoms. The second-order valence-electron chi connectivity index (χ2n) is 3.77. The third kappa shape index (κ3) is 3.50. The molecule has 0 spiro atoms. The van der Waals surface area contributed by atoms with Crippen LogP contribution in [0.3, 0.4) is 0 Å². The van der Waals surface area contributed by atoms with Crippen LogP contribution in [0.4, 0.5) is 11.4 Å². The third-order valence-electron chi connectivity index (χ3n) is 2.42. The summed E-state index contributed by atoms with van der Waals surface area (Å²) in [5.74, 6) is -0.295. The number of amides is 1. The first-order chi connectivity index (χ1) is 9.06. The molecule has 0 fully saturated rings. The van der Waals surface area contributed by atoms with Crippen LogP contribution in [0, 0.1) is 13.7 Å². The minimum Gasteiger partial charge on any atom is -0.322 e. The number of benzene rings is 2. The molecule has 2 aromatic rings. The summed E-state index contributed by atoms with van der Waals surface area (Å²) in [6.45, 7) is 0. The summed E-state index contributed by atoms with van der Waals surface area (Å²) >= 11 is 2.15. The standard InChI is InChI=1S/C13H9IN2O3/c14-10-2-1-3-11(8-10)15-13(17)9-4-6-12(7-5-9)16(18)19/h1-8H,(H,15,17). The van der Waals surface area contributed by atoms with Crippen LogP contribution in [0.25, 0.3) is 0 Å². The SMILES string of the molecule is O=C(Nc1cccc(I)c1)c1ccc([N+](=O)[O-])cc1. The summed E-state index contributed by atoms with van der Waals surface area (Å²) in [6.07, 6.45) is 0. The van der Waals surface area contributed by atoms with E-state index in [4.69, 9.17) is 0 Å². The Hall–Kier alpha value is -1.96. The van der Waals surface area contributed by atoms with E-state index in [1.807, 2.05) is 18.2 Å². The molecule has 1 N–H and O–H groups in total. The van der Waals surface area contributed by atoms with Gasteiger partial charge in [0, 0.05) is 27.0 Å². The number of rotatable bonds is 3. The Balaban J connectivity index is 2.14. The molecule has 2 aromatic carbocycles. The number of hydrogen-bond acceptors (Lipinski definition) is 3. The van der Waals surface area contributed by atoms with Crippen molar-refractivity contribution in [2.75, 3.05) is 5.32 Å². The Morgan fingerprint density at radius 2 is 1.84 bits per heavy atom. The Morgan fingerprint density at radius 3 is 2.42 bits per heavy atom. The van der Waals surface area contributed by atoms with E-state index in [1.54, 1.807) is 6.07 Å². The number of nitro benzene ring substituents is 1. The molecule has 6 heteroatoms. The van der Waals surface area contributed by atoms with Gasteiger partial charge in [-0.1, -0.05) is 6.07 Å². The summed E-state index contributed by atoms with van der Waals surface area (Å²) in [5.41, 5.74) is 1.03. The normalized spacial score (nSPS) is 9.95. The number of hydrogen-bond donors (Lipinski definition) is 1. The molecular weight excluding hydrogens is 359 g/mol. The maximum absolute atomic E-state index is 11.9. The van der Waals surface area contributed by atoms with Gasteiger partial charge >= 0.3 is 0 Å². The number of carbonyl (C=O) groups is 1. The minimum atomic E-state index is -0.499. The Labute approximate surface area is 122 Å². The molecule has 96 valence electrons. The zero-order valence-electron chi connectivity index (χ0n) is 9.67. The van der Waals surface area contributed by atoms with Gasteiger partial charge in [0.2, 0.25) is 0 Å². The molecule has 0 aromatic heterocycles. The van der Waals surface area contributed by atoms with Gasteiger partial charge in [-0.25, -0.2) is 0 Å². The molecule has 0 saturated heterocycles. The van der Waals surface area contributed by atoms with Gasteiger partial charge in [-0.3, -0.25) is 14.9 Å². The summed E-state index contributed by atoms with van der Waals surface area (Å²) in [6, 6.07) is 12.9. The number of anilines is 1. The fourth-order valence-electron chi connectivity index (χ4n) is 1.50. The van der Waals surface area contributed by atoms with Crippen molar-refractivity contribution in [3.63, 3.8) is 0 Å². The smallest absolute Gasteiger partial charge is 0.269 e. The van der Waals surface area contributed by atoms with E-state index in [0.717, 1.165) is 3.57 Å². The van der Waals surface area contributed by atoms with Crippen molar-refractivity contribution in [2.45, 2.75) is 0 Å². The highest BCUT2D eigenvalue weighted by Crippen LogP contribution is 2.15. The lowest BCUT2D eigenvalue weighted by Crippen LogP contribution is -2.11. The second kappa shape index (κ2) is 5.79. The maximum atomic E-state index is 11.9. The predicted molar refractivity (Wildman–Crippen MR) is 80.2 cm³/mol. The van der Waals surface area contributed by atoms with Gasteiger partial charge in [-0.15, -0.1) is 0 Å². The molecular formula is C13H9IN2O3. The molecule has 5 nitrogen and oxygen atoms in total. The van der Waals surface area contributed by atoms with Gasteiger partial charge in [-0.2, -0.15) is 0 Å². The first-order valence-electron chi connectivity index (χ1n) is 5.37. The summed E-state index contributed by atoms with van der Waals surface area (Å²) in [7, 11) is 0. The Kier molecular flexibility index (Phi) is 4.10. The van der Waals surface area contributed by atoms with Gasteiger partial charge in [-0.05, 0) is 52.9 Å². The maximum Gasteiger partial charge on any atom is 0.269 e. The van der Waals surface area contributed by atoms with Crippen molar-refractivity contribution in [1.82, 2.24) is 0 Å². The third-order valence-corrected chi connectivity index (χ3v) is 3.09. The summed E-state index contributed by atoms with van der Waals surface area (Å²) < 4.78 is 1.01. The Bertz CT molecular complexity index is 626. The van der Waals surface area contributed by atoms with E-state index in [1.165, 1.54) is 24.3 Å². The topological polar surface area (TPSA) is 72.2 Å². The lowest BCUT2D eigenvalue weighted by Gasteiger charge is -2.05. The number of carbonyl (C=O) groups excluding carboxylic acids is 1. The van der Waals surface area contributed by atoms with Crippen molar-refractivity contribution < 1.29 is 9.72 Å². The zero-order chi connectivity index (χ0) is 13.8. The molecule has 0 heterocycles. The molecule has 0 aliphatic rings. The number of nitrogens with zero attached hydrogens (tertiary/aromatic N) is 1. The number of nitro groups is 1. The van der Waals surface area contributed by atoms with E-state index in [-0.39, 0.29) is 11.6 Å². The highest BCUT2D eigenvalue weighted by molar-refractivity contribution is 14.1. The summed E-state index contributed by atoms with van der Waals surface area (Å²) in [4.78, 5) is 21.9. The van der Waals surface area contributed by atoms with Crippen LogP contribution in [0.1, 0.15) is 10.4 Å². The molecule has 0 unspecified atom stereocenters. The molecule has 1 amide bonds. The van der Waals surface area contributed by atoms with Crippen LogP contribution in [0.5, 0.6) is 0 Å². The van der Waals surface area contributed by atoms with Crippen molar-refractivity contribution in [3.8, 4) is 0 Å². The Morgan fingerprint density at radius 1 is 1.16 bits per heavy atom. The van der Waals surface area contributed by atoms with Crippen molar-refractivity contribution in [1.29, 1.82) is 0 Å². The van der Waals surface area contributed by atoms with E-state index in [2.05, 4.69) is 27.9 Å². The van der Waals surface area contributed by atoms with Crippen molar-refractivity contribution >= 4 is 39.9 Å². The van der Waals surface area contributed by atoms with E-state index in [0.29, 0.717) is 11.3 Å². The van der Waals surface area contributed by atoms with Gasteiger partial charge < -0.3 is 5.32 Å². The lowest BCUT2D eigenvalue weighted by molar-refractivity contribution is -0.384. The summed E-state index contributed by atoms with van der Waals surface area (Å²) in [5, 5.41) is 13.2. The molecule has 0 aliphatic carbocycles. The van der Waals surface area contributed by atoms with Gasteiger partial charge in [0.1, 0.15) is 0 Å². The number of non-ortho nitro benzene ring substituents is 1. The highest BCUT2D eigenvalue weighted by Gasteiger charge is 2.09. The average molecular weight is 368 g/mol. The fraction of sp³-hybridized carbons (Fsp3) is 0. The van der Waals surface area contributed by atoms with Crippen LogP contribution in [-0.2, 0) is 0 Å². The van der Waals surface area contributed by atoms with Crippen LogP contribution < -0.4 is 5.32 Å². The van der Waals surface area contributed by atoms with Gasteiger partial charge in [0.05, 0.1) is 4.92 Å². The van der Waals surface area contributed by atoms with Gasteiger partial charge in [0.15, 0.2) is 0 Å². The monoisotopic (exact) mass is 368 g/mol. The largest absolute Gasteiger partial charge is 0.322 e. The molecule has 19 heavy (non-hydrogen) atoms. The van der Waals surface area contributed by atoms with Crippen LogP contribution in [0.2, 0.25) is 0 Å². The van der Waals surface area contributed by atoms with E-state index >= 15 is 0 Å². The molecule has 0 atom stereocenters. The second-order valence-corrected chi connectivity index (χ2v) is 5.01.